The van der Waals surface area contributed by atoms with Crippen molar-refractivity contribution in [2.75, 3.05) is 13.1 Å². The first-order chi connectivity index (χ1) is 7.18. The Morgan fingerprint density at radius 2 is 2.13 bits per heavy atom. The van der Waals surface area contributed by atoms with E-state index < -0.39 is 0 Å². The minimum atomic E-state index is 0.695. The van der Waals surface area contributed by atoms with Crippen molar-refractivity contribution in [3.63, 3.8) is 0 Å². The summed E-state index contributed by atoms with van der Waals surface area (Å²) in [6, 6.07) is 6.85. The van der Waals surface area contributed by atoms with Crippen molar-refractivity contribution in [2.45, 2.75) is 33.1 Å². The minimum Gasteiger partial charge on any atom is -0.316 e. The molecule has 0 aliphatic carbocycles. The molecule has 1 fully saturated rings. The first kappa shape index (κ1) is 10.7. The largest absolute Gasteiger partial charge is 0.316 e. The zero-order valence-corrected chi connectivity index (χ0v) is 10.0. The number of hydrogen-bond acceptors (Lipinski definition) is 1. The predicted molar refractivity (Wildman–Crippen MR) is 65.3 cm³/mol. The molecule has 0 saturated carbocycles. The molecule has 0 aromatic heterocycles. The van der Waals surface area contributed by atoms with E-state index in [0.717, 1.165) is 5.92 Å². The van der Waals surface area contributed by atoms with Gasteiger partial charge in [-0.2, -0.15) is 0 Å². The summed E-state index contributed by atoms with van der Waals surface area (Å²) in [6.07, 6.45) is 1.33. The van der Waals surface area contributed by atoms with Crippen LogP contribution in [0.25, 0.3) is 0 Å². The molecule has 1 aliphatic rings. The van der Waals surface area contributed by atoms with Crippen LogP contribution in [0.3, 0.4) is 0 Å². The monoisotopic (exact) mass is 203 g/mol. The van der Waals surface area contributed by atoms with E-state index in [-0.39, 0.29) is 0 Å². The van der Waals surface area contributed by atoms with Gasteiger partial charge in [0.15, 0.2) is 0 Å². The van der Waals surface area contributed by atoms with Gasteiger partial charge in [-0.15, -0.1) is 0 Å². The molecule has 0 radical (unpaired) electrons. The molecule has 1 aliphatic heterocycles. The van der Waals surface area contributed by atoms with Crippen molar-refractivity contribution in [1.29, 1.82) is 0 Å². The number of benzene rings is 1. The van der Waals surface area contributed by atoms with Crippen molar-refractivity contribution in [3.05, 3.63) is 34.9 Å². The molecule has 15 heavy (non-hydrogen) atoms. The number of nitrogens with one attached hydrogen (secondary N) is 1. The summed E-state index contributed by atoms with van der Waals surface area (Å²) >= 11 is 0. The van der Waals surface area contributed by atoms with Gasteiger partial charge < -0.3 is 5.32 Å². The lowest BCUT2D eigenvalue weighted by atomic mass is 9.84. The Morgan fingerprint density at radius 1 is 1.33 bits per heavy atom. The summed E-state index contributed by atoms with van der Waals surface area (Å²) in [5.74, 6) is 1.52. The zero-order valence-electron chi connectivity index (χ0n) is 10.0. The third-order valence-corrected chi connectivity index (χ3v) is 3.72. The maximum atomic E-state index is 3.45. The van der Waals surface area contributed by atoms with E-state index in [1.54, 1.807) is 0 Å². The second-order valence-corrected chi connectivity index (χ2v) is 4.90. The fourth-order valence-corrected chi connectivity index (χ4v) is 2.69. The molecule has 0 spiro atoms. The van der Waals surface area contributed by atoms with Gasteiger partial charge in [0.2, 0.25) is 0 Å². The molecule has 1 N–H and O–H groups in total. The van der Waals surface area contributed by atoms with E-state index >= 15 is 0 Å². The molecule has 2 atom stereocenters. The van der Waals surface area contributed by atoms with Gasteiger partial charge in [0.05, 0.1) is 0 Å². The second kappa shape index (κ2) is 4.36. The highest BCUT2D eigenvalue weighted by atomic mass is 14.9. The van der Waals surface area contributed by atoms with Gasteiger partial charge in [-0.1, -0.05) is 30.7 Å². The highest BCUT2D eigenvalue weighted by Crippen LogP contribution is 2.30. The molecule has 82 valence electrons. The Morgan fingerprint density at radius 3 is 2.73 bits per heavy atom. The molecule has 0 amide bonds. The van der Waals surface area contributed by atoms with Crippen LogP contribution < -0.4 is 5.32 Å². The van der Waals surface area contributed by atoms with Crippen LogP contribution in [-0.2, 0) is 0 Å². The molecule has 1 aromatic rings. The van der Waals surface area contributed by atoms with Gasteiger partial charge in [-0.05, 0) is 56.3 Å². The van der Waals surface area contributed by atoms with Crippen molar-refractivity contribution < 1.29 is 0 Å². The van der Waals surface area contributed by atoms with E-state index in [2.05, 4.69) is 44.3 Å². The topological polar surface area (TPSA) is 12.0 Å². The molecule has 1 aromatic carbocycles. The molecule has 0 bridgehead atoms. The van der Waals surface area contributed by atoms with Gasteiger partial charge in [0.25, 0.3) is 0 Å². The Bertz CT molecular complexity index is 337. The first-order valence-corrected chi connectivity index (χ1v) is 5.96. The fourth-order valence-electron chi connectivity index (χ4n) is 2.69. The highest BCUT2D eigenvalue weighted by molar-refractivity contribution is 5.33. The van der Waals surface area contributed by atoms with Gasteiger partial charge in [-0.3, -0.25) is 0 Å². The minimum absolute atomic E-state index is 0.695. The molecular weight excluding hydrogens is 182 g/mol. The van der Waals surface area contributed by atoms with E-state index in [1.807, 2.05) is 0 Å². The van der Waals surface area contributed by atoms with Crippen LogP contribution in [0.2, 0.25) is 0 Å². The van der Waals surface area contributed by atoms with Crippen LogP contribution >= 0.6 is 0 Å². The normalized spacial score (nSPS) is 23.0. The van der Waals surface area contributed by atoms with Gasteiger partial charge in [-0.25, -0.2) is 0 Å². The summed E-state index contributed by atoms with van der Waals surface area (Å²) < 4.78 is 0. The van der Waals surface area contributed by atoms with E-state index in [0.29, 0.717) is 5.92 Å². The summed E-state index contributed by atoms with van der Waals surface area (Å²) in [5, 5.41) is 3.45. The Kier molecular flexibility index (Phi) is 3.11. The Labute approximate surface area is 92.9 Å². The molecule has 1 saturated heterocycles. The van der Waals surface area contributed by atoms with Crippen molar-refractivity contribution in [2.24, 2.45) is 5.92 Å². The Balaban J connectivity index is 2.20. The van der Waals surface area contributed by atoms with Crippen molar-refractivity contribution >= 4 is 0 Å². The SMILES string of the molecule is Cc1ccc(C(C)C2CCNC2)c(C)c1. The molecule has 2 rings (SSSR count). The lowest BCUT2D eigenvalue weighted by Crippen LogP contribution is -2.15. The standard InChI is InChI=1S/C14H21N/c1-10-4-5-14(11(2)8-10)12(3)13-6-7-15-9-13/h4-5,8,12-13,15H,6-7,9H2,1-3H3. The highest BCUT2D eigenvalue weighted by Gasteiger charge is 2.23. The Hall–Kier alpha value is -0.820. The lowest BCUT2D eigenvalue weighted by Gasteiger charge is -2.21. The van der Waals surface area contributed by atoms with Crippen LogP contribution in [0.4, 0.5) is 0 Å². The molecule has 1 nitrogen and oxygen atoms in total. The van der Waals surface area contributed by atoms with Crippen LogP contribution in [0.5, 0.6) is 0 Å². The van der Waals surface area contributed by atoms with E-state index in [4.69, 9.17) is 0 Å². The number of aryl methyl sites for hydroxylation is 2. The van der Waals surface area contributed by atoms with Gasteiger partial charge >= 0.3 is 0 Å². The van der Waals surface area contributed by atoms with Crippen molar-refractivity contribution in [3.8, 4) is 0 Å². The maximum Gasteiger partial charge on any atom is -0.00143 e. The van der Waals surface area contributed by atoms with Crippen LogP contribution in [-0.4, -0.2) is 13.1 Å². The van der Waals surface area contributed by atoms with Gasteiger partial charge in [0, 0.05) is 0 Å². The lowest BCUT2D eigenvalue weighted by molar-refractivity contribution is 0.486. The quantitative estimate of drug-likeness (QED) is 0.779. The first-order valence-electron chi connectivity index (χ1n) is 5.96. The summed E-state index contributed by atoms with van der Waals surface area (Å²) in [4.78, 5) is 0. The maximum absolute atomic E-state index is 3.45. The summed E-state index contributed by atoms with van der Waals surface area (Å²) in [7, 11) is 0. The zero-order chi connectivity index (χ0) is 10.8. The average molecular weight is 203 g/mol. The summed E-state index contributed by atoms with van der Waals surface area (Å²) in [6.45, 7) is 9.16. The number of rotatable bonds is 2. The third kappa shape index (κ3) is 2.23. The fraction of sp³-hybridized carbons (Fsp3) is 0.571. The number of hydrogen-bond donors (Lipinski definition) is 1. The molecule has 1 heterocycles. The second-order valence-electron chi connectivity index (χ2n) is 4.90. The molecular formula is C14H21N. The van der Waals surface area contributed by atoms with Crippen molar-refractivity contribution in [1.82, 2.24) is 5.32 Å². The van der Waals surface area contributed by atoms with E-state index in [9.17, 15) is 0 Å². The van der Waals surface area contributed by atoms with Crippen LogP contribution in [0, 0.1) is 19.8 Å². The molecule has 1 heteroatoms. The summed E-state index contributed by atoms with van der Waals surface area (Å²) in [5.41, 5.74) is 4.36. The smallest absolute Gasteiger partial charge is 0.00143 e. The van der Waals surface area contributed by atoms with E-state index in [1.165, 1.54) is 36.2 Å². The van der Waals surface area contributed by atoms with Gasteiger partial charge in [0.1, 0.15) is 0 Å². The molecule has 2 unspecified atom stereocenters. The van der Waals surface area contributed by atoms with Crippen LogP contribution in [0.15, 0.2) is 18.2 Å². The average Bonchev–Trinajstić information content (AvgIpc) is 2.69. The predicted octanol–water partition coefficient (Wildman–Crippen LogP) is 3.02. The third-order valence-electron chi connectivity index (χ3n) is 3.72. The van der Waals surface area contributed by atoms with Crippen LogP contribution in [0.1, 0.15) is 36.0 Å².